The lowest BCUT2D eigenvalue weighted by molar-refractivity contribution is 0.454. The Hall–Kier alpha value is -1.35. The van der Waals surface area contributed by atoms with Gasteiger partial charge in [-0.2, -0.15) is 0 Å². The predicted octanol–water partition coefficient (Wildman–Crippen LogP) is 4.45. The van der Waals surface area contributed by atoms with Gasteiger partial charge < -0.3 is 10.2 Å². The zero-order chi connectivity index (χ0) is 13.1. The number of benzene rings is 2. The van der Waals surface area contributed by atoms with Gasteiger partial charge in [-0.15, -0.1) is 11.8 Å². The van der Waals surface area contributed by atoms with Crippen molar-refractivity contribution in [1.82, 2.24) is 0 Å². The molecule has 0 aliphatic carbocycles. The second-order valence-corrected chi connectivity index (χ2v) is 5.50. The zero-order valence-corrected chi connectivity index (χ0v) is 11.5. The van der Waals surface area contributed by atoms with Gasteiger partial charge in [0.2, 0.25) is 0 Å². The molecule has 3 heteroatoms. The van der Waals surface area contributed by atoms with E-state index in [4.69, 9.17) is 0 Å². The fraction of sp³-hybridized carbons (Fsp3) is 0.333. The molecule has 0 aromatic heterocycles. The van der Waals surface area contributed by atoms with E-state index in [1.807, 2.05) is 31.2 Å². The molecule has 0 spiro atoms. The third-order valence-corrected chi connectivity index (χ3v) is 4.37. The fourth-order valence-electron chi connectivity index (χ4n) is 2.00. The SMILES string of the molecule is CCCCSc1c(C)c(O)c2ccccc2c1O. The Morgan fingerprint density at radius 3 is 2.28 bits per heavy atom. The molecule has 0 amide bonds. The lowest BCUT2D eigenvalue weighted by Crippen LogP contribution is -1.88. The van der Waals surface area contributed by atoms with Crippen LogP contribution in [0.2, 0.25) is 0 Å². The van der Waals surface area contributed by atoms with Crippen molar-refractivity contribution in [3.8, 4) is 11.5 Å². The number of hydrogen-bond acceptors (Lipinski definition) is 3. The normalized spacial score (nSPS) is 11.0. The third kappa shape index (κ3) is 2.27. The summed E-state index contributed by atoms with van der Waals surface area (Å²) in [5.74, 6) is 1.53. The second kappa shape index (κ2) is 5.53. The van der Waals surface area contributed by atoms with Crippen LogP contribution < -0.4 is 0 Å². The van der Waals surface area contributed by atoms with Crippen molar-refractivity contribution in [3.63, 3.8) is 0 Å². The zero-order valence-electron chi connectivity index (χ0n) is 10.7. The van der Waals surface area contributed by atoms with E-state index in [-0.39, 0.29) is 5.75 Å². The van der Waals surface area contributed by atoms with Gasteiger partial charge in [-0.25, -0.2) is 0 Å². The van der Waals surface area contributed by atoms with E-state index in [2.05, 4.69) is 6.92 Å². The molecule has 0 saturated heterocycles. The maximum atomic E-state index is 10.3. The van der Waals surface area contributed by atoms with Gasteiger partial charge in [0, 0.05) is 16.3 Å². The highest BCUT2D eigenvalue weighted by molar-refractivity contribution is 7.99. The van der Waals surface area contributed by atoms with Crippen molar-refractivity contribution in [2.45, 2.75) is 31.6 Å². The van der Waals surface area contributed by atoms with Crippen molar-refractivity contribution >= 4 is 22.5 Å². The number of unbranched alkanes of at least 4 members (excludes halogenated alkanes) is 1. The molecule has 2 aromatic rings. The van der Waals surface area contributed by atoms with E-state index < -0.39 is 0 Å². The Kier molecular flexibility index (Phi) is 4.02. The molecule has 2 rings (SSSR count). The summed E-state index contributed by atoms with van der Waals surface area (Å²) in [6.07, 6.45) is 2.24. The summed E-state index contributed by atoms with van der Waals surface area (Å²) in [5, 5.41) is 22.0. The van der Waals surface area contributed by atoms with Gasteiger partial charge in [0.25, 0.3) is 0 Å². The summed E-state index contributed by atoms with van der Waals surface area (Å²) in [7, 11) is 0. The van der Waals surface area contributed by atoms with E-state index in [1.54, 1.807) is 11.8 Å². The van der Waals surface area contributed by atoms with Crippen LogP contribution in [-0.2, 0) is 0 Å². The number of rotatable bonds is 4. The summed E-state index contributed by atoms with van der Waals surface area (Å²) in [6.45, 7) is 4.00. The maximum absolute atomic E-state index is 10.3. The van der Waals surface area contributed by atoms with Crippen molar-refractivity contribution < 1.29 is 10.2 Å². The smallest absolute Gasteiger partial charge is 0.137 e. The molecule has 2 nitrogen and oxygen atoms in total. The fourth-order valence-corrected chi connectivity index (χ4v) is 3.20. The summed E-state index contributed by atoms with van der Waals surface area (Å²) in [4.78, 5) is 0.805. The summed E-state index contributed by atoms with van der Waals surface area (Å²) >= 11 is 1.62. The highest BCUT2D eigenvalue weighted by atomic mass is 32.2. The van der Waals surface area contributed by atoms with Crippen molar-refractivity contribution in [2.75, 3.05) is 5.75 Å². The first-order chi connectivity index (χ1) is 8.66. The minimum absolute atomic E-state index is 0.280. The molecule has 0 radical (unpaired) electrons. The molecule has 18 heavy (non-hydrogen) atoms. The first-order valence-electron chi connectivity index (χ1n) is 6.22. The molecule has 2 N–H and O–H groups in total. The largest absolute Gasteiger partial charge is 0.507 e. The maximum Gasteiger partial charge on any atom is 0.137 e. The minimum Gasteiger partial charge on any atom is -0.507 e. The third-order valence-electron chi connectivity index (χ3n) is 3.09. The van der Waals surface area contributed by atoms with Gasteiger partial charge in [-0.05, 0) is 19.1 Å². The molecular weight excluding hydrogens is 244 g/mol. The number of hydrogen-bond donors (Lipinski definition) is 2. The molecule has 0 fully saturated rings. The number of phenolic OH excluding ortho intramolecular Hbond substituents is 2. The van der Waals surface area contributed by atoms with Crippen LogP contribution in [0.15, 0.2) is 29.2 Å². The molecule has 0 aliphatic heterocycles. The van der Waals surface area contributed by atoms with Gasteiger partial charge in [0.1, 0.15) is 11.5 Å². The standard InChI is InChI=1S/C15H18O2S/c1-3-4-9-18-15-10(2)13(16)11-7-5-6-8-12(11)14(15)17/h5-8,16-17H,3-4,9H2,1-2H3. The molecular formula is C15H18O2S. The molecule has 2 aromatic carbocycles. The minimum atomic E-state index is 0.280. The van der Waals surface area contributed by atoms with Crippen LogP contribution in [0.25, 0.3) is 10.8 Å². The van der Waals surface area contributed by atoms with Gasteiger partial charge in [0.05, 0.1) is 4.90 Å². The van der Waals surface area contributed by atoms with Crippen LogP contribution in [0.1, 0.15) is 25.3 Å². The first kappa shape index (κ1) is 13.1. The van der Waals surface area contributed by atoms with Crippen LogP contribution in [0.3, 0.4) is 0 Å². The van der Waals surface area contributed by atoms with E-state index in [9.17, 15) is 10.2 Å². The molecule has 0 heterocycles. The number of fused-ring (bicyclic) bond motifs is 1. The lowest BCUT2D eigenvalue weighted by Gasteiger charge is -2.13. The highest BCUT2D eigenvalue weighted by Crippen LogP contribution is 2.44. The van der Waals surface area contributed by atoms with Crippen LogP contribution in [0.4, 0.5) is 0 Å². The van der Waals surface area contributed by atoms with E-state index >= 15 is 0 Å². The number of thioether (sulfide) groups is 1. The van der Waals surface area contributed by atoms with Crippen LogP contribution >= 0.6 is 11.8 Å². The van der Waals surface area contributed by atoms with Crippen molar-refractivity contribution in [2.24, 2.45) is 0 Å². The first-order valence-corrected chi connectivity index (χ1v) is 7.21. The molecule has 96 valence electrons. The summed E-state index contributed by atoms with van der Waals surface area (Å²) in [5.41, 5.74) is 0.771. The molecule has 0 bridgehead atoms. The van der Waals surface area contributed by atoms with E-state index in [0.29, 0.717) is 11.1 Å². The van der Waals surface area contributed by atoms with Gasteiger partial charge >= 0.3 is 0 Å². The molecule has 0 aliphatic rings. The van der Waals surface area contributed by atoms with Gasteiger partial charge in [0.15, 0.2) is 0 Å². The number of aromatic hydroxyl groups is 2. The average Bonchev–Trinajstić information content (AvgIpc) is 2.40. The monoisotopic (exact) mass is 262 g/mol. The Labute approximate surface area is 112 Å². The van der Waals surface area contributed by atoms with Crippen molar-refractivity contribution in [1.29, 1.82) is 0 Å². The van der Waals surface area contributed by atoms with Crippen LogP contribution in [0, 0.1) is 6.92 Å². The molecule has 0 saturated carbocycles. The summed E-state index contributed by atoms with van der Waals surface area (Å²) < 4.78 is 0. The average molecular weight is 262 g/mol. The Bertz CT molecular complexity index is 564. The summed E-state index contributed by atoms with van der Waals surface area (Å²) in [6, 6.07) is 7.41. The Morgan fingerprint density at radius 2 is 1.67 bits per heavy atom. The highest BCUT2D eigenvalue weighted by Gasteiger charge is 2.15. The molecule has 0 atom stereocenters. The van der Waals surface area contributed by atoms with Crippen LogP contribution in [-0.4, -0.2) is 16.0 Å². The second-order valence-electron chi connectivity index (χ2n) is 4.40. The van der Waals surface area contributed by atoms with E-state index in [0.717, 1.165) is 34.4 Å². The van der Waals surface area contributed by atoms with Crippen molar-refractivity contribution in [3.05, 3.63) is 29.8 Å². The van der Waals surface area contributed by atoms with Crippen LogP contribution in [0.5, 0.6) is 11.5 Å². The lowest BCUT2D eigenvalue weighted by atomic mass is 10.0. The predicted molar refractivity (Wildman–Crippen MR) is 77.6 cm³/mol. The van der Waals surface area contributed by atoms with E-state index in [1.165, 1.54) is 0 Å². The molecule has 0 unspecified atom stereocenters. The quantitative estimate of drug-likeness (QED) is 0.486. The van der Waals surface area contributed by atoms with Gasteiger partial charge in [-0.3, -0.25) is 0 Å². The van der Waals surface area contributed by atoms with Gasteiger partial charge in [-0.1, -0.05) is 37.6 Å². The Morgan fingerprint density at radius 1 is 1.06 bits per heavy atom. The Balaban J connectivity index is 2.52. The number of phenols is 2. The topological polar surface area (TPSA) is 40.5 Å².